The number of carbonyl (C=O) groups is 2. The lowest BCUT2D eigenvalue weighted by molar-refractivity contribution is -0.123. The molecule has 0 atom stereocenters. The molecule has 1 fully saturated rings. The van der Waals surface area contributed by atoms with Gasteiger partial charge in [-0.2, -0.15) is 0 Å². The highest BCUT2D eigenvalue weighted by atomic mass is 32.2. The highest BCUT2D eigenvalue weighted by Crippen LogP contribution is 2.32. The number of thioether (sulfide) groups is 1. The van der Waals surface area contributed by atoms with Crippen molar-refractivity contribution >= 4 is 34.4 Å². The van der Waals surface area contributed by atoms with Crippen LogP contribution in [0.5, 0.6) is 0 Å². The van der Waals surface area contributed by atoms with E-state index in [1.165, 1.54) is 35.2 Å². The minimum absolute atomic E-state index is 0.249. The molecule has 1 saturated heterocycles. The summed E-state index contributed by atoms with van der Waals surface area (Å²) < 4.78 is 13.1. The Kier molecular flexibility index (Phi) is 6.66. The van der Waals surface area contributed by atoms with Gasteiger partial charge in [0.1, 0.15) is 5.82 Å². The van der Waals surface area contributed by atoms with Gasteiger partial charge >= 0.3 is 0 Å². The number of hydrogen-bond acceptors (Lipinski definition) is 6. The van der Waals surface area contributed by atoms with Gasteiger partial charge in [-0.25, -0.2) is 4.39 Å². The van der Waals surface area contributed by atoms with Crippen molar-refractivity contribution in [2.75, 3.05) is 5.32 Å². The fraction of sp³-hybridized carbons (Fsp3) is 0.0870. The number of aromatic nitrogens is 2. The van der Waals surface area contributed by atoms with Gasteiger partial charge in [-0.1, -0.05) is 12.1 Å². The molecule has 160 valence electrons. The van der Waals surface area contributed by atoms with Crippen molar-refractivity contribution in [1.82, 2.24) is 14.9 Å². The highest BCUT2D eigenvalue weighted by Gasteiger charge is 2.34. The third-order valence-corrected chi connectivity index (χ3v) is 5.49. The van der Waals surface area contributed by atoms with E-state index in [0.29, 0.717) is 17.4 Å². The maximum Gasteiger partial charge on any atom is 0.267 e. The Morgan fingerprint density at radius 1 is 1.06 bits per heavy atom. The molecule has 0 spiro atoms. The second kappa shape index (κ2) is 9.97. The molecule has 1 aliphatic heterocycles. The Balaban J connectivity index is 1.55. The molecule has 4 rings (SSSR count). The molecule has 0 bridgehead atoms. The van der Waals surface area contributed by atoms with Crippen molar-refractivity contribution in [3.05, 3.63) is 101 Å². The summed E-state index contributed by atoms with van der Waals surface area (Å²) in [5, 5.41) is 3.12. The molecule has 0 saturated carbocycles. The minimum Gasteiger partial charge on any atom is -0.322 e. The molecular weight excluding hydrogens is 429 g/mol. The molecule has 0 radical (unpaired) electrons. The summed E-state index contributed by atoms with van der Waals surface area (Å²) in [4.78, 5) is 40.0. The molecule has 2 amide bonds. The van der Waals surface area contributed by atoms with E-state index in [1.54, 1.807) is 30.9 Å². The first-order valence-corrected chi connectivity index (χ1v) is 10.5. The van der Waals surface area contributed by atoms with Crippen molar-refractivity contribution in [3.63, 3.8) is 0 Å². The second-order valence-corrected chi connectivity index (χ2v) is 7.83. The van der Waals surface area contributed by atoms with E-state index in [4.69, 9.17) is 0 Å². The maximum atomic E-state index is 13.1. The van der Waals surface area contributed by atoms with Crippen LogP contribution in [0.1, 0.15) is 11.1 Å². The Morgan fingerprint density at radius 3 is 2.41 bits per heavy atom. The van der Waals surface area contributed by atoms with Crippen molar-refractivity contribution < 1.29 is 14.0 Å². The standard InChI is InChI=1S/C23H18FN5O2S/c24-18-5-7-19(8-6-18)28-21(30)11-20-22(31)29(15-17-4-2-10-26-13-17)23(32-20)27-14-16-3-1-9-25-12-16/h1-13H,14-15H2,(H,28,30)/b20-11-,27-23?. The van der Waals surface area contributed by atoms with Crippen molar-refractivity contribution in [3.8, 4) is 0 Å². The number of rotatable bonds is 6. The molecule has 32 heavy (non-hydrogen) atoms. The average Bonchev–Trinajstić information content (AvgIpc) is 3.09. The summed E-state index contributed by atoms with van der Waals surface area (Å²) in [5.41, 5.74) is 2.18. The monoisotopic (exact) mass is 447 g/mol. The van der Waals surface area contributed by atoms with Crippen molar-refractivity contribution in [1.29, 1.82) is 0 Å². The van der Waals surface area contributed by atoms with Crippen LogP contribution in [-0.2, 0) is 22.7 Å². The van der Waals surface area contributed by atoms with Crippen LogP contribution in [-0.4, -0.2) is 31.8 Å². The molecule has 0 aliphatic carbocycles. The summed E-state index contributed by atoms with van der Waals surface area (Å²) in [5.74, 6) is -1.20. The van der Waals surface area contributed by atoms with E-state index in [1.807, 2.05) is 18.2 Å². The van der Waals surface area contributed by atoms with Gasteiger partial charge in [0.15, 0.2) is 5.17 Å². The van der Waals surface area contributed by atoms with E-state index in [9.17, 15) is 14.0 Å². The molecule has 1 N–H and O–H groups in total. The van der Waals surface area contributed by atoms with Gasteiger partial charge in [0.25, 0.3) is 5.91 Å². The summed E-state index contributed by atoms with van der Waals surface area (Å²) in [6.45, 7) is 0.629. The summed E-state index contributed by atoms with van der Waals surface area (Å²) in [6.07, 6.45) is 7.97. The number of amidine groups is 1. The second-order valence-electron chi connectivity index (χ2n) is 6.82. The molecule has 3 heterocycles. The van der Waals surface area contributed by atoms with Gasteiger partial charge in [0.05, 0.1) is 18.0 Å². The fourth-order valence-electron chi connectivity index (χ4n) is 2.92. The number of amides is 2. The van der Waals surface area contributed by atoms with Gasteiger partial charge in [-0.15, -0.1) is 0 Å². The average molecular weight is 447 g/mol. The van der Waals surface area contributed by atoms with Crippen molar-refractivity contribution in [2.24, 2.45) is 4.99 Å². The number of pyridine rings is 2. The zero-order chi connectivity index (χ0) is 22.3. The zero-order valence-corrected chi connectivity index (χ0v) is 17.6. The van der Waals surface area contributed by atoms with E-state index in [0.717, 1.165) is 22.9 Å². The predicted molar refractivity (Wildman–Crippen MR) is 121 cm³/mol. The van der Waals surface area contributed by atoms with Crippen LogP contribution in [0.25, 0.3) is 0 Å². The van der Waals surface area contributed by atoms with Crippen molar-refractivity contribution in [2.45, 2.75) is 13.1 Å². The molecular formula is C23H18FN5O2S. The number of benzene rings is 1. The van der Waals surface area contributed by atoms with Gasteiger partial charge < -0.3 is 5.32 Å². The first-order valence-electron chi connectivity index (χ1n) is 9.69. The molecule has 7 nitrogen and oxygen atoms in total. The maximum absolute atomic E-state index is 13.1. The Labute approximate surface area is 188 Å². The Morgan fingerprint density at radius 2 is 1.75 bits per heavy atom. The highest BCUT2D eigenvalue weighted by molar-refractivity contribution is 8.18. The molecule has 1 aromatic carbocycles. The molecule has 2 aromatic heterocycles. The van der Waals surface area contributed by atoms with Gasteiger partial charge in [-0.3, -0.25) is 29.4 Å². The number of carbonyl (C=O) groups excluding carboxylic acids is 2. The third kappa shape index (κ3) is 5.44. The fourth-order valence-corrected chi connectivity index (χ4v) is 3.87. The normalized spacial score (nSPS) is 16.0. The Bertz CT molecular complexity index is 1170. The summed E-state index contributed by atoms with van der Waals surface area (Å²) in [6, 6.07) is 12.8. The molecule has 0 unspecified atom stereocenters. The SMILES string of the molecule is O=C(/C=C1\SC(=NCc2cccnc2)N(Cc2cccnc2)C1=O)Nc1ccc(F)cc1. The molecule has 1 aliphatic rings. The lowest BCUT2D eigenvalue weighted by atomic mass is 10.2. The third-order valence-electron chi connectivity index (χ3n) is 4.45. The lowest BCUT2D eigenvalue weighted by Gasteiger charge is -2.15. The van der Waals surface area contributed by atoms with E-state index < -0.39 is 11.7 Å². The van der Waals surface area contributed by atoms with Crippen LogP contribution in [0.3, 0.4) is 0 Å². The quantitative estimate of drug-likeness (QED) is 0.581. The number of nitrogens with one attached hydrogen (secondary N) is 1. The van der Waals surface area contributed by atoms with Crippen LogP contribution in [0.15, 0.2) is 89.3 Å². The smallest absolute Gasteiger partial charge is 0.267 e. The number of anilines is 1. The summed E-state index contributed by atoms with van der Waals surface area (Å²) >= 11 is 1.13. The first kappa shape index (κ1) is 21.4. The zero-order valence-electron chi connectivity index (χ0n) is 16.8. The topological polar surface area (TPSA) is 87.6 Å². The largest absolute Gasteiger partial charge is 0.322 e. The van der Waals surface area contributed by atoms with Gasteiger partial charge in [-0.05, 0) is 59.3 Å². The van der Waals surface area contributed by atoms with Crippen LogP contribution in [0, 0.1) is 5.82 Å². The van der Waals surface area contributed by atoms with Crippen LogP contribution < -0.4 is 5.32 Å². The van der Waals surface area contributed by atoms with E-state index in [2.05, 4.69) is 20.3 Å². The van der Waals surface area contributed by atoms with E-state index in [-0.39, 0.29) is 17.4 Å². The van der Waals surface area contributed by atoms with Crippen LogP contribution in [0.4, 0.5) is 10.1 Å². The Hall–Kier alpha value is -3.85. The summed E-state index contributed by atoms with van der Waals surface area (Å²) in [7, 11) is 0. The van der Waals surface area contributed by atoms with Crippen LogP contribution >= 0.6 is 11.8 Å². The number of aliphatic imine (C=N–C) groups is 1. The number of nitrogens with zero attached hydrogens (tertiary/aromatic N) is 4. The van der Waals surface area contributed by atoms with Gasteiger partial charge in [0, 0.05) is 36.6 Å². The molecule has 9 heteroatoms. The molecule has 3 aromatic rings. The predicted octanol–water partition coefficient (Wildman–Crippen LogP) is 3.77. The number of halogens is 1. The minimum atomic E-state index is -0.484. The number of hydrogen-bond donors (Lipinski definition) is 1. The van der Waals surface area contributed by atoms with E-state index >= 15 is 0 Å². The first-order chi connectivity index (χ1) is 15.6. The lowest BCUT2D eigenvalue weighted by Crippen LogP contribution is -2.29. The van der Waals surface area contributed by atoms with Crippen LogP contribution in [0.2, 0.25) is 0 Å². The van der Waals surface area contributed by atoms with Gasteiger partial charge in [0.2, 0.25) is 5.91 Å².